The van der Waals surface area contributed by atoms with Crippen molar-refractivity contribution in [3.8, 4) is 0 Å². The molecule has 3 N–H and O–H groups in total. The average Bonchev–Trinajstić information content (AvgIpc) is 3.21. The lowest BCUT2D eigenvalue weighted by atomic mass is 10.1. The number of aliphatic carboxylic acids is 1. The summed E-state index contributed by atoms with van der Waals surface area (Å²) >= 11 is 0. The number of ether oxygens (including phenoxy) is 1. The Kier molecular flexibility index (Phi) is 6.77. The maximum Gasteiger partial charge on any atom is 0.409 e. The molecule has 4 aromatic rings. The topological polar surface area (TPSA) is 135 Å². The number of rotatable bonds is 9. The van der Waals surface area contributed by atoms with E-state index >= 15 is 0 Å². The lowest BCUT2D eigenvalue weighted by Crippen LogP contribution is -2.65. The number of furan rings is 1. The first-order valence-corrected chi connectivity index (χ1v) is 12.4. The van der Waals surface area contributed by atoms with Crippen molar-refractivity contribution >= 4 is 44.0 Å². The summed E-state index contributed by atoms with van der Waals surface area (Å²) in [7, 11) is -4.38. The molecule has 1 amide bonds. The van der Waals surface area contributed by atoms with Crippen LogP contribution in [0.2, 0.25) is 0 Å². The van der Waals surface area contributed by atoms with E-state index in [2.05, 4.69) is 10.0 Å². The number of nitrogens with one attached hydrogen (secondary N) is 2. The summed E-state index contributed by atoms with van der Waals surface area (Å²) in [5.74, 6) is -1.56. The van der Waals surface area contributed by atoms with Crippen LogP contribution in [-0.4, -0.2) is 31.2 Å². The normalized spacial score (nSPS) is 13.4. The van der Waals surface area contributed by atoms with Crippen LogP contribution < -0.4 is 10.0 Å². The molecular formula is C25H24N2O7S. The minimum atomic E-state index is -4.38. The molecule has 9 nitrogen and oxygen atoms in total. The first-order valence-electron chi connectivity index (χ1n) is 10.9. The molecule has 0 radical (unpaired) electrons. The van der Waals surface area contributed by atoms with Crippen molar-refractivity contribution in [2.75, 3.05) is 0 Å². The van der Waals surface area contributed by atoms with Gasteiger partial charge in [-0.2, -0.15) is 4.72 Å². The molecule has 182 valence electrons. The summed E-state index contributed by atoms with van der Waals surface area (Å²) < 4.78 is 39.6. The monoisotopic (exact) mass is 496 g/mol. The van der Waals surface area contributed by atoms with Crippen molar-refractivity contribution in [2.24, 2.45) is 0 Å². The highest BCUT2D eigenvalue weighted by atomic mass is 32.2. The molecule has 1 aromatic heterocycles. The van der Waals surface area contributed by atoms with Crippen molar-refractivity contribution in [1.29, 1.82) is 0 Å². The van der Waals surface area contributed by atoms with E-state index in [0.29, 0.717) is 22.1 Å². The molecule has 35 heavy (non-hydrogen) atoms. The molecule has 0 bridgehead atoms. The average molecular weight is 497 g/mol. The van der Waals surface area contributed by atoms with Gasteiger partial charge in [-0.25, -0.2) is 18.0 Å². The van der Waals surface area contributed by atoms with E-state index in [1.165, 1.54) is 18.2 Å². The SMILES string of the molecule is CCCC(NC(=O)OCc1ccccc1)(NS(=O)(=O)c1ccc2oc3ccccc3c2c1)C(=O)O. The van der Waals surface area contributed by atoms with Crippen LogP contribution >= 0.6 is 0 Å². The Morgan fingerprint density at radius 2 is 1.66 bits per heavy atom. The molecule has 0 aliphatic carbocycles. The summed E-state index contributed by atoms with van der Waals surface area (Å²) in [6.45, 7) is 1.57. The maximum atomic E-state index is 13.3. The summed E-state index contributed by atoms with van der Waals surface area (Å²) in [6, 6.07) is 20.2. The third-order valence-corrected chi connectivity index (χ3v) is 6.98. The molecular weight excluding hydrogens is 472 g/mol. The number of para-hydroxylation sites is 1. The van der Waals surface area contributed by atoms with Gasteiger partial charge in [0, 0.05) is 10.8 Å². The lowest BCUT2D eigenvalue weighted by Gasteiger charge is -2.30. The predicted molar refractivity (Wildman–Crippen MR) is 129 cm³/mol. The quantitative estimate of drug-likeness (QED) is 0.293. The number of amides is 1. The van der Waals surface area contributed by atoms with Gasteiger partial charge < -0.3 is 14.3 Å². The minimum absolute atomic E-state index is 0.106. The smallest absolute Gasteiger partial charge is 0.409 e. The summed E-state index contributed by atoms with van der Waals surface area (Å²) in [5.41, 5.74) is -0.529. The fourth-order valence-electron chi connectivity index (χ4n) is 3.81. The zero-order chi connectivity index (χ0) is 25.1. The van der Waals surface area contributed by atoms with Crippen LogP contribution in [0.25, 0.3) is 21.9 Å². The molecule has 0 saturated carbocycles. The number of fused-ring (bicyclic) bond motifs is 3. The molecule has 0 saturated heterocycles. The van der Waals surface area contributed by atoms with E-state index in [1.807, 2.05) is 0 Å². The van der Waals surface area contributed by atoms with Crippen molar-refractivity contribution in [1.82, 2.24) is 10.0 Å². The minimum Gasteiger partial charge on any atom is -0.478 e. The Balaban J connectivity index is 1.62. The van der Waals surface area contributed by atoms with E-state index < -0.39 is 27.7 Å². The Bertz CT molecular complexity index is 1480. The number of carboxylic acids is 1. The standard InChI is InChI=1S/C25H24N2O7S/c1-2-14-25(23(28)29,26-24(30)33-16-17-8-4-3-5-9-17)27-35(31,32)18-12-13-22-20(15-18)19-10-6-7-11-21(19)34-22/h3-13,15,27H,2,14,16H2,1H3,(H,26,30)(H,28,29). The van der Waals surface area contributed by atoms with Gasteiger partial charge in [0.15, 0.2) is 0 Å². The van der Waals surface area contributed by atoms with E-state index in [0.717, 1.165) is 5.39 Å². The van der Waals surface area contributed by atoms with E-state index in [9.17, 15) is 23.1 Å². The second-order valence-corrected chi connectivity index (χ2v) is 9.69. The molecule has 0 spiro atoms. The van der Waals surface area contributed by atoms with Gasteiger partial charge in [0.1, 0.15) is 17.8 Å². The maximum absolute atomic E-state index is 13.3. The number of benzene rings is 3. The van der Waals surface area contributed by atoms with Gasteiger partial charge in [0.05, 0.1) is 4.90 Å². The third-order valence-electron chi connectivity index (χ3n) is 5.49. The molecule has 0 aliphatic rings. The largest absolute Gasteiger partial charge is 0.478 e. The fourth-order valence-corrected chi connectivity index (χ4v) is 5.15. The second-order valence-electron chi connectivity index (χ2n) is 8.01. The molecule has 3 aromatic carbocycles. The van der Waals surface area contributed by atoms with Crippen LogP contribution in [0.4, 0.5) is 4.79 Å². The predicted octanol–water partition coefficient (Wildman–Crippen LogP) is 4.37. The number of carbonyl (C=O) groups excluding carboxylic acids is 1. The van der Waals surface area contributed by atoms with Crippen LogP contribution in [0.3, 0.4) is 0 Å². The molecule has 10 heteroatoms. The zero-order valence-electron chi connectivity index (χ0n) is 18.9. The van der Waals surface area contributed by atoms with Gasteiger partial charge in [-0.3, -0.25) is 5.32 Å². The van der Waals surface area contributed by atoms with E-state index in [-0.39, 0.29) is 24.3 Å². The summed E-state index contributed by atoms with van der Waals surface area (Å²) in [5, 5.41) is 13.5. The Hall–Kier alpha value is -3.89. The molecule has 4 rings (SSSR count). The molecule has 1 atom stereocenters. The number of hydrogen-bond donors (Lipinski definition) is 3. The van der Waals surface area contributed by atoms with Crippen LogP contribution in [0.1, 0.15) is 25.3 Å². The lowest BCUT2D eigenvalue weighted by molar-refractivity contribution is -0.145. The van der Waals surface area contributed by atoms with Gasteiger partial charge in [-0.05, 0) is 36.2 Å². The van der Waals surface area contributed by atoms with Crippen LogP contribution in [0.15, 0.2) is 82.1 Å². The van der Waals surface area contributed by atoms with Crippen LogP contribution in [0.5, 0.6) is 0 Å². The number of hydrogen-bond acceptors (Lipinski definition) is 6. The highest BCUT2D eigenvalue weighted by Crippen LogP contribution is 2.30. The van der Waals surface area contributed by atoms with Gasteiger partial charge in [-0.1, -0.05) is 61.9 Å². The van der Waals surface area contributed by atoms with Crippen LogP contribution in [-0.2, 0) is 26.2 Å². The summed E-state index contributed by atoms with van der Waals surface area (Å²) in [6.07, 6.45) is -1.01. The Labute approximate surface area is 201 Å². The van der Waals surface area contributed by atoms with E-state index in [1.54, 1.807) is 61.5 Å². The fraction of sp³-hybridized carbons (Fsp3) is 0.200. The molecule has 1 unspecified atom stereocenters. The van der Waals surface area contributed by atoms with Crippen molar-refractivity contribution in [2.45, 2.75) is 36.9 Å². The number of sulfonamides is 1. The zero-order valence-corrected chi connectivity index (χ0v) is 19.7. The number of carboxylic acid groups (broad SMARTS) is 1. The van der Waals surface area contributed by atoms with Crippen molar-refractivity contribution in [3.05, 3.63) is 78.4 Å². The van der Waals surface area contributed by atoms with Gasteiger partial charge in [0.25, 0.3) is 0 Å². The van der Waals surface area contributed by atoms with Crippen molar-refractivity contribution in [3.63, 3.8) is 0 Å². The van der Waals surface area contributed by atoms with Crippen LogP contribution in [0, 0.1) is 0 Å². The second kappa shape index (κ2) is 9.77. The molecule has 1 heterocycles. The Morgan fingerprint density at radius 3 is 2.37 bits per heavy atom. The molecule has 0 aliphatic heterocycles. The number of alkyl carbamates (subject to hydrolysis) is 1. The van der Waals surface area contributed by atoms with Gasteiger partial charge in [0.2, 0.25) is 15.7 Å². The first-order chi connectivity index (χ1) is 16.7. The van der Waals surface area contributed by atoms with Gasteiger partial charge >= 0.3 is 12.1 Å². The first kappa shape index (κ1) is 24.2. The summed E-state index contributed by atoms with van der Waals surface area (Å²) in [4.78, 5) is 24.6. The highest BCUT2D eigenvalue weighted by molar-refractivity contribution is 7.89. The Morgan fingerprint density at radius 1 is 0.971 bits per heavy atom. The number of carbonyl (C=O) groups is 2. The third kappa shape index (κ3) is 5.13. The van der Waals surface area contributed by atoms with Gasteiger partial charge in [-0.15, -0.1) is 0 Å². The van der Waals surface area contributed by atoms with E-state index in [4.69, 9.17) is 9.15 Å². The highest BCUT2D eigenvalue weighted by Gasteiger charge is 2.44. The van der Waals surface area contributed by atoms with Crippen molar-refractivity contribution < 1.29 is 32.3 Å². The molecule has 0 fully saturated rings.